The first-order chi connectivity index (χ1) is 21.6. The van der Waals surface area contributed by atoms with E-state index in [2.05, 4.69) is 10.6 Å². The molecule has 4 amide bonds. The van der Waals surface area contributed by atoms with Crippen LogP contribution in [0.4, 0.5) is 30.6 Å². The second kappa shape index (κ2) is 15.6. The van der Waals surface area contributed by atoms with E-state index in [9.17, 15) is 28.0 Å². The molecule has 0 bridgehead atoms. The smallest absolute Gasteiger partial charge is 0.337 e. The topological polar surface area (TPSA) is 117 Å². The average Bonchev–Trinajstić information content (AvgIpc) is 3.04. The van der Waals surface area contributed by atoms with Crippen LogP contribution in [0.2, 0.25) is 0 Å². The maximum atomic E-state index is 13.7. The molecule has 4 rings (SSSR count). The second-order valence-corrected chi connectivity index (χ2v) is 10.7. The molecular weight excluding hydrogens is 586 g/mol. The predicted octanol–water partition coefficient (Wildman–Crippen LogP) is 5.53. The monoisotopic (exact) mass is 622 g/mol. The molecule has 10 nitrogen and oxygen atoms in total. The van der Waals surface area contributed by atoms with E-state index in [1.165, 1.54) is 20.2 Å². The lowest BCUT2D eigenvalue weighted by Crippen LogP contribution is -2.44. The third-order valence-corrected chi connectivity index (χ3v) is 7.52. The van der Waals surface area contributed by atoms with Crippen LogP contribution in [0.3, 0.4) is 0 Å². The minimum Gasteiger partial charge on any atom is -0.482 e. The Morgan fingerprint density at radius 2 is 1.60 bits per heavy atom. The van der Waals surface area contributed by atoms with Gasteiger partial charge in [0.2, 0.25) is 5.91 Å². The molecule has 0 radical (unpaired) electrons. The van der Waals surface area contributed by atoms with Crippen molar-refractivity contribution in [1.82, 2.24) is 5.32 Å². The number of benzene rings is 3. The van der Waals surface area contributed by atoms with E-state index >= 15 is 0 Å². The van der Waals surface area contributed by atoms with Gasteiger partial charge >= 0.3 is 12.0 Å². The minimum absolute atomic E-state index is 0.0323. The maximum absolute atomic E-state index is 13.7. The van der Waals surface area contributed by atoms with Crippen molar-refractivity contribution >= 4 is 40.9 Å². The van der Waals surface area contributed by atoms with Gasteiger partial charge in [0.05, 0.1) is 24.9 Å². The SMILES string of the molecule is COC(=O)c1cccc(NC(=O)NCC(=O)N(CC2CCCCC2)c2ccccc2OCC(=O)N(C)c2cc(F)cc(F)c2)c1. The van der Waals surface area contributed by atoms with Gasteiger partial charge in [-0.15, -0.1) is 0 Å². The summed E-state index contributed by atoms with van der Waals surface area (Å²) in [5.74, 6) is -2.64. The van der Waals surface area contributed by atoms with Gasteiger partial charge in [-0.3, -0.25) is 9.59 Å². The van der Waals surface area contributed by atoms with Crippen LogP contribution in [0.15, 0.2) is 66.7 Å². The zero-order chi connectivity index (χ0) is 32.3. The van der Waals surface area contributed by atoms with Gasteiger partial charge in [0.15, 0.2) is 6.61 Å². The van der Waals surface area contributed by atoms with Crippen LogP contribution in [0.1, 0.15) is 42.5 Å². The summed E-state index contributed by atoms with van der Waals surface area (Å²) in [7, 11) is 2.64. The number of nitrogens with one attached hydrogen (secondary N) is 2. The molecule has 45 heavy (non-hydrogen) atoms. The number of methoxy groups -OCH3 is 1. The highest BCUT2D eigenvalue weighted by atomic mass is 19.1. The Morgan fingerprint density at radius 1 is 0.889 bits per heavy atom. The summed E-state index contributed by atoms with van der Waals surface area (Å²) in [5.41, 5.74) is 1.06. The Bertz CT molecular complexity index is 1510. The quantitative estimate of drug-likeness (QED) is 0.272. The molecule has 3 aromatic carbocycles. The van der Waals surface area contributed by atoms with Gasteiger partial charge in [-0.1, -0.05) is 37.5 Å². The fourth-order valence-corrected chi connectivity index (χ4v) is 5.15. The molecule has 0 aromatic heterocycles. The van der Waals surface area contributed by atoms with Crippen LogP contribution in [0.5, 0.6) is 5.75 Å². The molecule has 1 saturated carbocycles. The number of esters is 1. The van der Waals surface area contributed by atoms with Crippen molar-refractivity contribution in [1.29, 1.82) is 0 Å². The minimum atomic E-state index is -0.815. The summed E-state index contributed by atoms with van der Waals surface area (Å²) in [6.07, 6.45) is 5.14. The number of rotatable bonds is 11. The molecule has 1 fully saturated rings. The highest BCUT2D eigenvalue weighted by molar-refractivity contribution is 6.00. The molecule has 0 saturated heterocycles. The first kappa shape index (κ1) is 32.9. The molecule has 2 N–H and O–H groups in total. The summed E-state index contributed by atoms with van der Waals surface area (Å²) < 4.78 is 38.0. The molecule has 0 atom stereocenters. The number of para-hydroxylation sites is 2. The number of carbonyl (C=O) groups is 4. The van der Waals surface area contributed by atoms with Gasteiger partial charge in [0, 0.05) is 31.0 Å². The van der Waals surface area contributed by atoms with E-state index in [0.717, 1.165) is 49.1 Å². The Kier molecular flexibility index (Phi) is 11.4. The number of amides is 4. The predicted molar refractivity (Wildman–Crippen MR) is 165 cm³/mol. The lowest BCUT2D eigenvalue weighted by atomic mass is 9.89. The molecule has 1 aliphatic rings. The van der Waals surface area contributed by atoms with Gasteiger partial charge in [0.1, 0.15) is 17.4 Å². The van der Waals surface area contributed by atoms with Crippen molar-refractivity contribution in [2.45, 2.75) is 32.1 Å². The van der Waals surface area contributed by atoms with E-state index in [1.807, 2.05) is 0 Å². The fraction of sp³-hybridized carbons (Fsp3) is 0.333. The zero-order valence-corrected chi connectivity index (χ0v) is 25.2. The molecular formula is C33H36F2N4O6. The summed E-state index contributed by atoms with van der Waals surface area (Å²) in [4.78, 5) is 53.6. The van der Waals surface area contributed by atoms with E-state index < -0.39 is 42.1 Å². The maximum Gasteiger partial charge on any atom is 0.337 e. The third kappa shape index (κ3) is 9.24. The molecule has 0 unspecified atom stereocenters. The molecule has 0 spiro atoms. The van der Waals surface area contributed by atoms with Crippen LogP contribution < -0.4 is 25.2 Å². The molecule has 238 valence electrons. The summed E-state index contributed by atoms with van der Waals surface area (Å²) in [5, 5.41) is 5.18. The Hall–Kier alpha value is -5.00. The number of hydrogen-bond donors (Lipinski definition) is 2. The number of nitrogens with zero attached hydrogens (tertiary/aromatic N) is 2. The van der Waals surface area contributed by atoms with Crippen LogP contribution in [0.25, 0.3) is 0 Å². The van der Waals surface area contributed by atoms with E-state index in [1.54, 1.807) is 47.4 Å². The second-order valence-electron chi connectivity index (χ2n) is 10.7. The Labute approximate surface area is 260 Å². The lowest BCUT2D eigenvalue weighted by molar-refractivity contribution is -0.120. The molecule has 12 heteroatoms. The third-order valence-electron chi connectivity index (χ3n) is 7.52. The highest BCUT2D eigenvalue weighted by Gasteiger charge is 2.25. The van der Waals surface area contributed by atoms with Crippen molar-refractivity contribution in [3.8, 4) is 5.75 Å². The Morgan fingerprint density at radius 3 is 2.31 bits per heavy atom. The van der Waals surface area contributed by atoms with Gasteiger partial charge < -0.3 is 29.9 Å². The number of ether oxygens (including phenoxy) is 2. The van der Waals surface area contributed by atoms with E-state index in [4.69, 9.17) is 9.47 Å². The number of halogens is 2. The number of likely N-dealkylation sites (N-methyl/N-ethyl adjacent to an activating group) is 1. The van der Waals surface area contributed by atoms with Crippen molar-refractivity contribution in [3.05, 3.63) is 83.9 Å². The van der Waals surface area contributed by atoms with Crippen LogP contribution in [-0.2, 0) is 14.3 Å². The normalized spacial score (nSPS) is 13.0. The standard InChI is InChI=1S/C33H36F2N4O6/c1-38(27-17-24(34)16-25(35)18-27)31(41)21-45-29-14-7-6-13-28(29)39(20-22-9-4-3-5-10-22)30(40)19-36-33(43)37-26-12-8-11-23(15-26)32(42)44-2/h6-8,11-18,22H,3-5,9-10,19-21H2,1-2H3,(H2,36,37,43). The average molecular weight is 623 g/mol. The lowest BCUT2D eigenvalue weighted by Gasteiger charge is -2.31. The number of anilines is 3. The zero-order valence-electron chi connectivity index (χ0n) is 25.2. The summed E-state index contributed by atoms with van der Waals surface area (Å²) in [6.45, 7) is -0.404. The summed E-state index contributed by atoms with van der Waals surface area (Å²) in [6, 6.07) is 15.1. The van der Waals surface area contributed by atoms with E-state index in [0.29, 0.717) is 24.0 Å². The number of carbonyl (C=O) groups excluding carboxylic acids is 4. The van der Waals surface area contributed by atoms with Crippen molar-refractivity contribution in [3.63, 3.8) is 0 Å². The summed E-state index contributed by atoms with van der Waals surface area (Å²) >= 11 is 0. The Balaban J connectivity index is 1.46. The molecule has 0 aliphatic heterocycles. The number of urea groups is 1. The highest BCUT2D eigenvalue weighted by Crippen LogP contribution is 2.32. The first-order valence-electron chi connectivity index (χ1n) is 14.6. The van der Waals surface area contributed by atoms with Crippen LogP contribution in [0, 0.1) is 17.6 Å². The van der Waals surface area contributed by atoms with Gasteiger partial charge in [-0.2, -0.15) is 0 Å². The van der Waals surface area contributed by atoms with Crippen molar-refractivity contribution < 1.29 is 37.4 Å². The largest absolute Gasteiger partial charge is 0.482 e. The van der Waals surface area contributed by atoms with Gasteiger partial charge in [-0.25, -0.2) is 18.4 Å². The van der Waals surface area contributed by atoms with E-state index in [-0.39, 0.29) is 29.5 Å². The molecule has 0 heterocycles. The molecule has 3 aromatic rings. The van der Waals surface area contributed by atoms with Gasteiger partial charge in [0.25, 0.3) is 5.91 Å². The van der Waals surface area contributed by atoms with Gasteiger partial charge in [-0.05, 0) is 61.2 Å². The van der Waals surface area contributed by atoms with Crippen LogP contribution in [-0.4, -0.2) is 57.7 Å². The number of hydrogen-bond acceptors (Lipinski definition) is 6. The molecule has 1 aliphatic carbocycles. The van der Waals surface area contributed by atoms with Crippen molar-refractivity contribution in [2.75, 3.05) is 49.0 Å². The fourth-order valence-electron chi connectivity index (χ4n) is 5.15. The van der Waals surface area contributed by atoms with Crippen LogP contribution >= 0.6 is 0 Å². The van der Waals surface area contributed by atoms with Crippen molar-refractivity contribution in [2.24, 2.45) is 5.92 Å². The first-order valence-corrected chi connectivity index (χ1v) is 14.6.